The molecule has 0 aliphatic heterocycles. The molecule has 0 heterocycles. The number of aliphatic imine (C=N–C) groups is 1. The first kappa shape index (κ1) is 25.8. The lowest BCUT2D eigenvalue weighted by Gasteiger charge is -2.18. The summed E-state index contributed by atoms with van der Waals surface area (Å²) >= 11 is 0. The molecule has 0 saturated heterocycles. The molecule has 1 aromatic carbocycles. The SMILES string of the molecule is CCN=C(NC(C)CCS(C)(=O)=O)NC1CC1c1ccccc1OC(F)(F)F.I. The predicted octanol–water partition coefficient (Wildman–Crippen LogP) is 3.44. The smallest absolute Gasteiger partial charge is 0.405 e. The highest BCUT2D eigenvalue weighted by molar-refractivity contribution is 14.0. The van der Waals surface area contributed by atoms with Crippen LogP contribution in [0.25, 0.3) is 0 Å². The minimum atomic E-state index is -4.74. The number of rotatable bonds is 8. The number of para-hydroxylation sites is 1. The second kappa shape index (κ2) is 10.7. The normalized spacial score (nSPS) is 20.4. The molecule has 1 aliphatic carbocycles. The summed E-state index contributed by atoms with van der Waals surface area (Å²) in [5, 5.41) is 6.36. The molecule has 2 N–H and O–H groups in total. The molecule has 3 atom stereocenters. The molecule has 0 bridgehead atoms. The largest absolute Gasteiger partial charge is 0.573 e. The van der Waals surface area contributed by atoms with Gasteiger partial charge in [-0.25, -0.2) is 8.42 Å². The minimum absolute atomic E-state index is 0. The van der Waals surface area contributed by atoms with Crippen LogP contribution in [0, 0.1) is 0 Å². The first-order chi connectivity index (χ1) is 13.0. The van der Waals surface area contributed by atoms with E-state index < -0.39 is 16.2 Å². The van der Waals surface area contributed by atoms with E-state index >= 15 is 0 Å². The number of halogens is 4. The number of hydrogen-bond donors (Lipinski definition) is 2. The fourth-order valence-electron chi connectivity index (χ4n) is 2.87. The number of nitrogens with one attached hydrogen (secondary N) is 2. The Bertz CT molecular complexity index is 803. The number of alkyl halides is 3. The predicted molar refractivity (Wildman–Crippen MR) is 118 cm³/mol. The van der Waals surface area contributed by atoms with Crippen LogP contribution in [0.15, 0.2) is 29.3 Å². The Morgan fingerprint density at radius 1 is 1.34 bits per heavy atom. The Labute approximate surface area is 186 Å². The third kappa shape index (κ3) is 9.41. The van der Waals surface area contributed by atoms with E-state index in [1.807, 2.05) is 13.8 Å². The second-order valence-corrected chi connectivity index (χ2v) is 9.23. The van der Waals surface area contributed by atoms with Crippen molar-refractivity contribution in [1.82, 2.24) is 10.6 Å². The van der Waals surface area contributed by atoms with Gasteiger partial charge < -0.3 is 15.4 Å². The van der Waals surface area contributed by atoms with Gasteiger partial charge in [0.05, 0.1) is 5.75 Å². The molecule has 1 fully saturated rings. The zero-order chi connectivity index (χ0) is 20.9. The summed E-state index contributed by atoms with van der Waals surface area (Å²) in [5.74, 6) is 0.279. The molecule has 0 amide bonds. The van der Waals surface area contributed by atoms with E-state index in [0.717, 1.165) is 0 Å². The molecule has 1 aliphatic rings. The van der Waals surface area contributed by atoms with E-state index in [1.165, 1.54) is 18.4 Å². The van der Waals surface area contributed by atoms with Gasteiger partial charge >= 0.3 is 6.36 Å². The van der Waals surface area contributed by atoms with Crippen molar-refractivity contribution in [1.29, 1.82) is 0 Å². The van der Waals surface area contributed by atoms with Gasteiger partial charge in [0.1, 0.15) is 15.6 Å². The average Bonchev–Trinajstić information content (AvgIpc) is 3.30. The van der Waals surface area contributed by atoms with Gasteiger partial charge in [-0.15, -0.1) is 37.1 Å². The molecular formula is C18H27F3IN3O3S. The van der Waals surface area contributed by atoms with Crippen molar-refractivity contribution in [2.24, 2.45) is 4.99 Å². The van der Waals surface area contributed by atoms with Crippen molar-refractivity contribution < 1.29 is 26.3 Å². The molecule has 11 heteroatoms. The van der Waals surface area contributed by atoms with Crippen LogP contribution in [0.2, 0.25) is 0 Å². The Balaban J connectivity index is 0.00000420. The molecule has 166 valence electrons. The van der Waals surface area contributed by atoms with E-state index in [9.17, 15) is 21.6 Å². The fraction of sp³-hybridized carbons (Fsp3) is 0.611. The van der Waals surface area contributed by atoms with E-state index in [1.54, 1.807) is 12.1 Å². The highest BCUT2D eigenvalue weighted by atomic mass is 127. The molecule has 0 spiro atoms. The lowest BCUT2D eigenvalue weighted by atomic mass is 10.1. The summed E-state index contributed by atoms with van der Waals surface area (Å²) in [6.45, 7) is 4.23. The van der Waals surface area contributed by atoms with Gasteiger partial charge in [-0.3, -0.25) is 4.99 Å². The van der Waals surface area contributed by atoms with Crippen molar-refractivity contribution in [2.75, 3.05) is 18.6 Å². The fourth-order valence-corrected chi connectivity index (χ4v) is 3.65. The highest BCUT2D eigenvalue weighted by Crippen LogP contribution is 2.45. The lowest BCUT2D eigenvalue weighted by molar-refractivity contribution is -0.274. The van der Waals surface area contributed by atoms with Gasteiger partial charge in [-0.05, 0) is 38.3 Å². The number of benzene rings is 1. The zero-order valence-electron chi connectivity index (χ0n) is 16.5. The van der Waals surface area contributed by atoms with Crippen molar-refractivity contribution in [2.45, 2.75) is 51.1 Å². The van der Waals surface area contributed by atoms with Crippen LogP contribution in [-0.2, 0) is 9.84 Å². The monoisotopic (exact) mass is 549 g/mol. The molecule has 1 aromatic rings. The summed E-state index contributed by atoms with van der Waals surface area (Å²) in [6.07, 6.45) is -2.46. The van der Waals surface area contributed by atoms with Crippen LogP contribution in [-0.4, -0.2) is 51.4 Å². The molecule has 0 radical (unpaired) electrons. The zero-order valence-corrected chi connectivity index (χ0v) is 19.6. The molecule has 6 nitrogen and oxygen atoms in total. The maximum Gasteiger partial charge on any atom is 0.573 e. The van der Waals surface area contributed by atoms with E-state index in [2.05, 4.69) is 20.4 Å². The van der Waals surface area contributed by atoms with Crippen LogP contribution >= 0.6 is 24.0 Å². The minimum Gasteiger partial charge on any atom is -0.405 e. The van der Waals surface area contributed by atoms with E-state index in [0.29, 0.717) is 30.9 Å². The van der Waals surface area contributed by atoms with E-state index in [-0.39, 0.29) is 53.5 Å². The summed E-state index contributed by atoms with van der Waals surface area (Å²) < 4.78 is 64.5. The number of hydrogen-bond acceptors (Lipinski definition) is 4. The number of sulfone groups is 1. The molecular weight excluding hydrogens is 522 g/mol. The maximum absolute atomic E-state index is 12.6. The number of ether oxygens (including phenoxy) is 1. The molecule has 1 saturated carbocycles. The Morgan fingerprint density at radius 3 is 2.59 bits per heavy atom. The van der Waals surface area contributed by atoms with Gasteiger partial charge in [-0.1, -0.05) is 18.2 Å². The van der Waals surface area contributed by atoms with Crippen molar-refractivity contribution in [3.8, 4) is 5.75 Å². The Kier molecular flexibility index (Phi) is 9.51. The third-order valence-corrected chi connectivity index (χ3v) is 5.26. The van der Waals surface area contributed by atoms with Crippen molar-refractivity contribution in [3.63, 3.8) is 0 Å². The summed E-state index contributed by atoms with van der Waals surface area (Å²) in [7, 11) is -3.05. The van der Waals surface area contributed by atoms with Gasteiger partial charge in [0.25, 0.3) is 0 Å². The number of nitrogens with zero attached hydrogens (tertiary/aromatic N) is 1. The van der Waals surface area contributed by atoms with Crippen molar-refractivity contribution in [3.05, 3.63) is 29.8 Å². The Morgan fingerprint density at radius 2 is 2.00 bits per heavy atom. The van der Waals surface area contributed by atoms with E-state index in [4.69, 9.17) is 0 Å². The maximum atomic E-state index is 12.6. The van der Waals surface area contributed by atoms with Crippen LogP contribution in [0.3, 0.4) is 0 Å². The molecule has 0 aromatic heterocycles. The van der Waals surface area contributed by atoms with Gasteiger partial charge in [0.15, 0.2) is 5.96 Å². The quantitative estimate of drug-likeness (QED) is 0.295. The van der Waals surface area contributed by atoms with Crippen LogP contribution in [0.4, 0.5) is 13.2 Å². The van der Waals surface area contributed by atoms with Crippen LogP contribution < -0.4 is 15.4 Å². The van der Waals surface area contributed by atoms with Crippen LogP contribution in [0.5, 0.6) is 5.75 Å². The molecule has 3 unspecified atom stereocenters. The molecule has 2 rings (SSSR count). The topological polar surface area (TPSA) is 79.8 Å². The lowest BCUT2D eigenvalue weighted by Crippen LogP contribution is -2.44. The standard InChI is InChI=1S/C18H26F3N3O3S.HI/c1-4-22-17(23-12(2)9-10-28(3,25)26)24-15-11-14(15)13-7-5-6-8-16(13)27-18(19,20)21;/h5-8,12,14-15H,4,9-11H2,1-3H3,(H2,22,23,24);1H. The number of guanidine groups is 1. The van der Waals surface area contributed by atoms with Crippen molar-refractivity contribution >= 4 is 39.8 Å². The van der Waals surface area contributed by atoms with Gasteiger partial charge in [0.2, 0.25) is 0 Å². The van der Waals surface area contributed by atoms with Gasteiger partial charge in [-0.2, -0.15) is 0 Å². The summed E-state index contributed by atoms with van der Waals surface area (Å²) in [4.78, 5) is 4.33. The first-order valence-corrected chi connectivity index (χ1v) is 11.1. The summed E-state index contributed by atoms with van der Waals surface area (Å²) in [5.41, 5.74) is 0.498. The third-order valence-electron chi connectivity index (χ3n) is 4.28. The Hall–Kier alpha value is -1.24. The molecule has 29 heavy (non-hydrogen) atoms. The summed E-state index contributed by atoms with van der Waals surface area (Å²) in [6, 6.07) is 5.94. The highest BCUT2D eigenvalue weighted by Gasteiger charge is 2.42. The van der Waals surface area contributed by atoms with Crippen LogP contribution in [0.1, 0.15) is 38.2 Å². The van der Waals surface area contributed by atoms with Gasteiger partial charge in [0, 0.05) is 30.8 Å². The average molecular weight is 549 g/mol. The first-order valence-electron chi connectivity index (χ1n) is 9.08. The second-order valence-electron chi connectivity index (χ2n) is 6.97.